The van der Waals surface area contributed by atoms with Gasteiger partial charge in [0.2, 0.25) is 0 Å². The monoisotopic (exact) mass is 414 g/mol. The molecule has 2 heterocycles. The normalized spacial score (nSPS) is 14.9. The molecule has 1 saturated heterocycles. The van der Waals surface area contributed by atoms with Crippen molar-refractivity contribution in [2.75, 3.05) is 31.1 Å². The average Bonchev–Trinajstić information content (AvgIpc) is 2.77. The minimum Gasteiger partial charge on any atom is -0.368 e. The Hall–Kier alpha value is -3.10. The molecular weight excluding hydrogens is 384 g/mol. The summed E-state index contributed by atoms with van der Waals surface area (Å²) in [4.78, 5) is 17.5. The molecule has 160 valence electrons. The van der Waals surface area contributed by atoms with Gasteiger partial charge in [-0.1, -0.05) is 38.1 Å². The Labute approximate surface area is 184 Å². The summed E-state index contributed by atoms with van der Waals surface area (Å²) in [6.45, 7) is 8.54. The zero-order valence-corrected chi connectivity index (χ0v) is 18.6. The van der Waals surface area contributed by atoms with E-state index in [4.69, 9.17) is 0 Å². The first-order valence-corrected chi connectivity index (χ1v) is 11.0. The maximum absolute atomic E-state index is 12.8. The van der Waals surface area contributed by atoms with Crippen LogP contribution in [0.25, 0.3) is 10.9 Å². The molecule has 0 aliphatic carbocycles. The zero-order chi connectivity index (χ0) is 22.0. The lowest BCUT2D eigenvalue weighted by atomic mass is 10.00. The maximum Gasteiger partial charge on any atom is 0.255 e. The third kappa shape index (κ3) is 4.50. The van der Waals surface area contributed by atoms with Gasteiger partial charge in [-0.15, -0.1) is 0 Å². The molecule has 0 unspecified atom stereocenters. The molecule has 1 aliphatic heterocycles. The molecule has 2 aromatic carbocycles. The molecule has 0 amide bonds. The molecule has 0 atom stereocenters. The lowest BCUT2D eigenvalue weighted by Gasteiger charge is -2.36. The smallest absolute Gasteiger partial charge is 0.255 e. The number of fused-ring (bicyclic) bond motifs is 1. The molecule has 1 aromatic heterocycles. The number of pyridine rings is 1. The van der Waals surface area contributed by atoms with E-state index < -0.39 is 0 Å². The molecule has 0 radical (unpaired) electrons. The largest absolute Gasteiger partial charge is 0.368 e. The predicted molar refractivity (Wildman–Crippen MR) is 126 cm³/mol. The molecule has 5 heteroatoms. The highest BCUT2D eigenvalue weighted by Gasteiger charge is 2.21. The van der Waals surface area contributed by atoms with Gasteiger partial charge < -0.3 is 9.47 Å². The molecule has 0 N–H and O–H groups in total. The Kier molecular flexibility index (Phi) is 6.11. The summed E-state index contributed by atoms with van der Waals surface area (Å²) < 4.78 is 1.75. The molecule has 0 bridgehead atoms. The van der Waals surface area contributed by atoms with E-state index in [2.05, 4.69) is 47.9 Å². The van der Waals surface area contributed by atoms with Crippen molar-refractivity contribution < 1.29 is 0 Å². The Morgan fingerprint density at radius 1 is 1.03 bits per heavy atom. The van der Waals surface area contributed by atoms with Crippen LogP contribution in [0.15, 0.2) is 53.3 Å². The molecule has 31 heavy (non-hydrogen) atoms. The first kappa shape index (κ1) is 21.1. The lowest BCUT2D eigenvalue weighted by Crippen LogP contribution is -2.46. The summed E-state index contributed by atoms with van der Waals surface area (Å²) in [5.74, 6) is 0.585. The van der Waals surface area contributed by atoms with Gasteiger partial charge in [-0.3, -0.25) is 9.69 Å². The van der Waals surface area contributed by atoms with Crippen molar-refractivity contribution >= 4 is 16.6 Å². The van der Waals surface area contributed by atoms with Crippen LogP contribution in [0.4, 0.5) is 5.69 Å². The third-order valence-corrected chi connectivity index (χ3v) is 6.14. The molecule has 4 rings (SSSR count). The fraction of sp³-hybridized carbons (Fsp3) is 0.385. The van der Waals surface area contributed by atoms with E-state index in [0.717, 1.165) is 60.3 Å². The number of nitriles is 1. The maximum atomic E-state index is 12.8. The number of hydrogen-bond acceptors (Lipinski definition) is 4. The van der Waals surface area contributed by atoms with Gasteiger partial charge >= 0.3 is 0 Å². The summed E-state index contributed by atoms with van der Waals surface area (Å²) in [6, 6.07) is 18.6. The van der Waals surface area contributed by atoms with E-state index in [1.807, 2.05) is 37.4 Å². The lowest BCUT2D eigenvalue weighted by molar-refractivity contribution is 0.248. The standard InChI is InChI=1S/C26H30N4O/c1-19(2)14-20-8-9-22(17-27)25(15-20)30-12-10-29(11-13-30)18-23-16-21-6-4-5-7-24(21)28(3)26(23)31/h4-9,15-16,19H,10-14,18H2,1-3H3. The zero-order valence-electron chi connectivity index (χ0n) is 18.6. The summed E-state index contributed by atoms with van der Waals surface area (Å²) in [5.41, 5.74) is 4.95. The number of aromatic nitrogens is 1. The van der Waals surface area contributed by atoms with Crippen molar-refractivity contribution in [2.24, 2.45) is 13.0 Å². The topological polar surface area (TPSA) is 52.3 Å². The highest BCUT2D eigenvalue weighted by Crippen LogP contribution is 2.25. The second kappa shape index (κ2) is 8.95. The van der Waals surface area contributed by atoms with E-state index >= 15 is 0 Å². The second-order valence-electron chi connectivity index (χ2n) is 8.92. The minimum atomic E-state index is 0.0780. The number of rotatable bonds is 5. The minimum absolute atomic E-state index is 0.0780. The van der Waals surface area contributed by atoms with E-state index in [-0.39, 0.29) is 5.56 Å². The first-order chi connectivity index (χ1) is 15.0. The van der Waals surface area contributed by atoms with E-state index in [1.165, 1.54) is 5.56 Å². The highest BCUT2D eigenvalue weighted by molar-refractivity contribution is 5.79. The number of anilines is 1. The SMILES string of the molecule is CC(C)Cc1ccc(C#N)c(N2CCN(Cc3cc4ccccc4n(C)c3=O)CC2)c1. The van der Waals surface area contributed by atoms with Crippen molar-refractivity contribution in [3.05, 3.63) is 75.6 Å². The van der Waals surface area contributed by atoms with Crippen LogP contribution >= 0.6 is 0 Å². The van der Waals surface area contributed by atoms with Crippen LogP contribution in [0, 0.1) is 17.2 Å². The van der Waals surface area contributed by atoms with E-state index in [9.17, 15) is 10.1 Å². The number of aryl methyl sites for hydroxylation is 1. The molecule has 1 fully saturated rings. The fourth-order valence-electron chi connectivity index (χ4n) is 4.52. The van der Waals surface area contributed by atoms with E-state index in [0.29, 0.717) is 12.5 Å². The number of para-hydroxylation sites is 1. The molecular formula is C26H30N4O. The van der Waals surface area contributed by atoms with Gasteiger partial charge in [0.05, 0.1) is 16.8 Å². The van der Waals surface area contributed by atoms with Gasteiger partial charge in [0, 0.05) is 45.3 Å². The van der Waals surface area contributed by atoms with Gasteiger partial charge in [-0.2, -0.15) is 5.26 Å². The molecule has 5 nitrogen and oxygen atoms in total. The average molecular weight is 415 g/mol. The number of hydrogen-bond donors (Lipinski definition) is 0. The number of nitrogens with zero attached hydrogens (tertiary/aromatic N) is 4. The van der Waals surface area contributed by atoms with Crippen LogP contribution in [0.5, 0.6) is 0 Å². The quantitative estimate of drug-likeness (QED) is 0.635. The van der Waals surface area contributed by atoms with Gasteiger partial charge in [0.15, 0.2) is 0 Å². The van der Waals surface area contributed by atoms with E-state index in [1.54, 1.807) is 4.57 Å². The summed E-state index contributed by atoms with van der Waals surface area (Å²) in [5, 5.41) is 10.7. The molecule has 0 spiro atoms. The Bertz CT molecular complexity index is 1180. The Morgan fingerprint density at radius 2 is 1.77 bits per heavy atom. The Balaban J connectivity index is 1.49. The van der Waals surface area contributed by atoms with Crippen molar-refractivity contribution in [1.82, 2.24) is 9.47 Å². The number of benzene rings is 2. The van der Waals surface area contributed by atoms with Crippen molar-refractivity contribution in [3.8, 4) is 6.07 Å². The van der Waals surface area contributed by atoms with Gasteiger partial charge in [-0.25, -0.2) is 0 Å². The van der Waals surface area contributed by atoms with Gasteiger partial charge in [0.25, 0.3) is 5.56 Å². The van der Waals surface area contributed by atoms with Crippen LogP contribution < -0.4 is 10.5 Å². The van der Waals surface area contributed by atoms with Crippen molar-refractivity contribution in [3.63, 3.8) is 0 Å². The summed E-state index contributed by atoms with van der Waals surface area (Å²) >= 11 is 0. The van der Waals surface area contributed by atoms with Crippen LogP contribution in [0.2, 0.25) is 0 Å². The van der Waals surface area contributed by atoms with Crippen LogP contribution in [0.1, 0.15) is 30.5 Å². The molecule has 0 saturated carbocycles. The van der Waals surface area contributed by atoms with Crippen LogP contribution in [-0.2, 0) is 20.0 Å². The predicted octanol–water partition coefficient (Wildman–Crippen LogP) is 3.93. The second-order valence-corrected chi connectivity index (χ2v) is 8.92. The molecule has 1 aliphatic rings. The summed E-state index contributed by atoms with van der Waals surface area (Å²) in [7, 11) is 1.85. The summed E-state index contributed by atoms with van der Waals surface area (Å²) in [6.07, 6.45) is 1.02. The first-order valence-electron chi connectivity index (χ1n) is 11.0. The Morgan fingerprint density at radius 3 is 2.48 bits per heavy atom. The molecule has 3 aromatic rings. The van der Waals surface area contributed by atoms with Crippen molar-refractivity contribution in [2.45, 2.75) is 26.8 Å². The van der Waals surface area contributed by atoms with Crippen molar-refractivity contribution in [1.29, 1.82) is 5.26 Å². The fourth-order valence-corrected chi connectivity index (χ4v) is 4.52. The third-order valence-electron chi connectivity index (χ3n) is 6.14. The number of piperazine rings is 1. The van der Waals surface area contributed by atoms with Gasteiger partial charge in [-0.05, 0) is 47.6 Å². The van der Waals surface area contributed by atoms with Gasteiger partial charge in [0.1, 0.15) is 6.07 Å². The highest BCUT2D eigenvalue weighted by atomic mass is 16.1. The van der Waals surface area contributed by atoms with Crippen LogP contribution in [0.3, 0.4) is 0 Å². The van der Waals surface area contributed by atoms with Crippen LogP contribution in [-0.4, -0.2) is 35.6 Å².